The van der Waals surface area contributed by atoms with Crippen LogP contribution in [0, 0.1) is 5.82 Å². The molecule has 3 rings (SSSR count). The molecule has 0 unspecified atom stereocenters. The molecule has 0 radical (unpaired) electrons. The quantitative estimate of drug-likeness (QED) is 0.742. The lowest BCUT2D eigenvalue weighted by atomic mass is 10.1. The van der Waals surface area contributed by atoms with Crippen LogP contribution >= 0.6 is 0 Å². The highest BCUT2D eigenvalue weighted by molar-refractivity contribution is 6.05. The number of rotatable bonds is 5. The van der Waals surface area contributed by atoms with Crippen molar-refractivity contribution >= 4 is 17.5 Å². The molecule has 1 heterocycles. The van der Waals surface area contributed by atoms with Crippen LogP contribution < -0.4 is 10.6 Å². The maximum atomic E-state index is 13.6. The van der Waals surface area contributed by atoms with E-state index in [9.17, 15) is 14.0 Å². The molecular formula is C20H16FN3O2. The third-order valence-corrected chi connectivity index (χ3v) is 3.68. The molecule has 0 aliphatic rings. The van der Waals surface area contributed by atoms with Gasteiger partial charge in [-0.15, -0.1) is 0 Å². The Morgan fingerprint density at radius 2 is 1.54 bits per heavy atom. The summed E-state index contributed by atoms with van der Waals surface area (Å²) in [5, 5.41) is 5.23. The van der Waals surface area contributed by atoms with Gasteiger partial charge in [0.1, 0.15) is 5.82 Å². The Kier molecular flexibility index (Phi) is 5.34. The van der Waals surface area contributed by atoms with Gasteiger partial charge in [0.25, 0.3) is 11.8 Å². The number of amides is 2. The molecule has 6 heteroatoms. The number of hydrogen-bond acceptors (Lipinski definition) is 3. The summed E-state index contributed by atoms with van der Waals surface area (Å²) < 4.78 is 13.6. The Bertz CT molecular complexity index is 929. The lowest BCUT2D eigenvalue weighted by Crippen LogP contribution is -2.23. The highest BCUT2D eigenvalue weighted by Gasteiger charge is 2.13. The summed E-state index contributed by atoms with van der Waals surface area (Å²) in [6.45, 7) is 0.366. The molecule has 0 fully saturated rings. The van der Waals surface area contributed by atoms with Gasteiger partial charge in [0.2, 0.25) is 0 Å². The number of anilines is 1. The first-order valence-electron chi connectivity index (χ1n) is 7.96. The van der Waals surface area contributed by atoms with E-state index in [4.69, 9.17) is 0 Å². The van der Waals surface area contributed by atoms with Crippen LogP contribution in [-0.2, 0) is 6.54 Å². The first kappa shape index (κ1) is 17.3. The van der Waals surface area contributed by atoms with Crippen LogP contribution in [0.1, 0.15) is 26.3 Å². The van der Waals surface area contributed by atoms with E-state index in [1.165, 1.54) is 36.7 Å². The number of nitrogens with one attached hydrogen (secondary N) is 2. The molecule has 1 aromatic heterocycles. The molecule has 26 heavy (non-hydrogen) atoms. The normalized spacial score (nSPS) is 10.2. The lowest BCUT2D eigenvalue weighted by molar-refractivity contribution is 0.0950. The lowest BCUT2D eigenvalue weighted by Gasteiger charge is -2.08. The molecule has 5 nitrogen and oxygen atoms in total. The smallest absolute Gasteiger partial charge is 0.257 e. The second-order valence-electron chi connectivity index (χ2n) is 5.56. The van der Waals surface area contributed by atoms with Gasteiger partial charge in [0.15, 0.2) is 0 Å². The van der Waals surface area contributed by atoms with E-state index in [0.717, 1.165) is 5.56 Å². The SMILES string of the molecule is O=C(NCc1ccccc1)c1cncc(C(=O)Nc2ccccc2F)c1. The van der Waals surface area contributed by atoms with E-state index in [1.54, 1.807) is 6.07 Å². The summed E-state index contributed by atoms with van der Waals surface area (Å²) in [5.41, 5.74) is 1.45. The minimum atomic E-state index is -0.541. The fourth-order valence-corrected chi connectivity index (χ4v) is 2.33. The standard InChI is InChI=1S/C20H16FN3O2/c21-17-8-4-5-9-18(17)24-20(26)16-10-15(12-22-13-16)19(25)23-11-14-6-2-1-3-7-14/h1-10,12-13H,11H2,(H,23,25)(H,24,26). The summed E-state index contributed by atoms with van der Waals surface area (Å²) in [6.07, 6.45) is 2.70. The Hall–Kier alpha value is -3.54. The van der Waals surface area contributed by atoms with Gasteiger partial charge in [-0.3, -0.25) is 14.6 Å². The summed E-state index contributed by atoms with van der Waals surface area (Å²) in [7, 11) is 0. The van der Waals surface area contributed by atoms with Gasteiger partial charge in [0, 0.05) is 18.9 Å². The van der Waals surface area contributed by atoms with Gasteiger partial charge < -0.3 is 10.6 Å². The van der Waals surface area contributed by atoms with Crippen LogP contribution in [0.3, 0.4) is 0 Å². The minimum absolute atomic E-state index is 0.0661. The number of hydrogen-bond donors (Lipinski definition) is 2. The van der Waals surface area contributed by atoms with Crippen molar-refractivity contribution in [1.29, 1.82) is 0 Å². The fraction of sp³-hybridized carbons (Fsp3) is 0.0500. The highest BCUT2D eigenvalue weighted by Crippen LogP contribution is 2.14. The first-order chi connectivity index (χ1) is 12.6. The van der Waals surface area contributed by atoms with Crippen molar-refractivity contribution in [2.45, 2.75) is 6.54 Å². The summed E-state index contributed by atoms with van der Waals surface area (Å²) in [5.74, 6) is -1.42. The molecule has 2 N–H and O–H groups in total. The van der Waals surface area contributed by atoms with E-state index in [-0.39, 0.29) is 22.7 Å². The van der Waals surface area contributed by atoms with Gasteiger partial charge in [-0.2, -0.15) is 0 Å². The molecule has 0 spiro atoms. The van der Waals surface area contributed by atoms with Crippen LogP contribution in [0.15, 0.2) is 73.1 Å². The average Bonchev–Trinajstić information content (AvgIpc) is 2.69. The van der Waals surface area contributed by atoms with E-state index < -0.39 is 11.7 Å². The van der Waals surface area contributed by atoms with Crippen LogP contribution in [0.5, 0.6) is 0 Å². The van der Waals surface area contributed by atoms with Crippen molar-refractivity contribution in [1.82, 2.24) is 10.3 Å². The Balaban J connectivity index is 1.68. The monoisotopic (exact) mass is 349 g/mol. The topological polar surface area (TPSA) is 71.1 Å². The van der Waals surface area contributed by atoms with Crippen molar-refractivity contribution in [2.75, 3.05) is 5.32 Å². The minimum Gasteiger partial charge on any atom is -0.348 e. The summed E-state index contributed by atoms with van der Waals surface area (Å²) >= 11 is 0. The molecule has 130 valence electrons. The van der Waals surface area contributed by atoms with Gasteiger partial charge in [-0.1, -0.05) is 42.5 Å². The molecule has 0 atom stereocenters. The number of nitrogens with zero attached hydrogens (tertiary/aromatic N) is 1. The highest BCUT2D eigenvalue weighted by atomic mass is 19.1. The number of para-hydroxylation sites is 1. The van der Waals surface area contributed by atoms with Gasteiger partial charge >= 0.3 is 0 Å². The van der Waals surface area contributed by atoms with Crippen molar-refractivity contribution in [3.8, 4) is 0 Å². The van der Waals surface area contributed by atoms with Crippen LogP contribution in [0.25, 0.3) is 0 Å². The Morgan fingerprint density at radius 3 is 2.27 bits per heavy atom. The van der Waals surface area contributed by atoms with E-state index in [2.05, 4.69) is 15.6 Å². The number of aromatic nitrogens is 1. The molecule has 2 amide bonds. The zero-order chi connectivity index (χ0) is 18.4. The third-order valence-electron chi connectivity index (χ3n) is 3.68. The van der Waals surface area contributed by atoms with Crippen molar-refractivity contribution in [3.63, 3.8) is 0 Å². The maximum absolute atomic E-state index is 13.6. The van der Waals surface area contributed by atoms with Crippen molar-refractivity contribution in [3.05, 3.63) is 95.6 Å². The molecule has 0 aliphatic heterocycles. The molecule has 2 aromatic carbocycles. The van der Waals surface area contributed by atoms with Gasteiger partial charge in [-0.05, 0) is 23.8 Å². The zero-order valence-corrected chi connectivity index (χ0v) is 13.8. The third kappa shape index (κ3) is 4.30. The fourth-order valence-electron chi connectivity index (χ4n) is 2.33. The predicted molar refractivity (Wildman–Crippen MR) is 96.2 cm³/mol. The van der Waals surface area contributed by atoms with E-state index in [0.29, 0.717) is 6.54 Å². The zero-order valence-electron chi connectivity index (χ0n) is 13.8. The maximum Gasteiger partial charge on any atom is 0.257 e. The van der Waals surface area contributed by atoms with Gasteiger partial charge in [-0.25, -0.2) is 4.39 Å². The Morgan fingerprint density at radius 1 is 0.885 bits per heavy atom. The number of benzene rings is 2. The molecule has 0 bridgehead atoms. The second-order valence-corrected chi connectivity index (χ2v) is 5.56. The number of carbonyl (C=O) groups excluding carboxylic acids is 2. The first-order valence-corrected chi connectivity index (χ1v) is 7.96. The summed E-state index contributed by atoms with van der Waals surface area (Å²) in [6, 6.07) is 16.7. The molecule has 3 aromatic rings. The Labute approximate surface area is 149 Å². The molecular weight excluding hydrogens is 333 g/mol. The van der Waals surface area contributed by atoms with Crippen molar-refractivity contribution in [2.24, 2.45) is 0 Å². The van der Waals surface area contributed by atoms with Gasteiger partial charge in [0.05, 0.1) is 16.8 Å². The van der Waals surface area contributed by atoms with E-state index in [1.807, 2.05) is 30.3 Å². The average molecular weight is 349 g/mol. The predicted octanol–water partition coefficient (Wildman–Crippen LogP) is 3.40. The molecule has 0 saturated heterocycles. The van der Waals surface area contributed by atoms with E-state index >= 15 is 0 Å². The largest absolute Gasteiger partial charge is 0.348 e. The van der Waals surface area contributed by atoms with Crippen LogP contribution in [0.4, 0.5) is 10.1 Å². The second kappa shape index (κ2) is 8.02. The van der Waals surface area contributed by atoms with Crippen LogP contribution in [-0.4, -0.2) is 16.8 Å². The molecule has 0 saturated carbocycles. The number of pyridine rings is 1. The van der Waals surface area contributed by atoms with Crippen LogP contribution in [0.2, 0.25) is 0 Å². The number of halogens is 1. The van der Waals surface area contributed by atoms with Crippen molar-refractivity contribution < 1.29 is 14.0 Å². The molecule has 0 aliphatic carbocycles. The number of carbonyl (C=O) groups is 2. The summed E-state index contributed by atoms with van der Waals surface area (Å²) in [4.78, 5) is 28.5.